The predicted molar refractivity (Wildman–Crippen MR) is 107 cm³/mol. The number of likely N-dealkylation sites (N-methyl/N-ethyl adjacent to an activating group) is 1. The van der Waals surface area contributed by atoms with Crippen molar-refractivity contribution in [3.05, 3.63) is 18.0 Å². The molecular weight excluding hydrogens is 344 g/mol. The van der Waals surface area contributed by atoms with Crippen LogP contribution < -0.4 is 5.32 Å². The van der Waals surface area contributed by atoms with Gasteiger partial charge in [0, 0.05) is 52.4 Å². The molecule has 1 aromatic rings. The summed E-state index contributed by atoms with van der Waals surface area (Å²) in [5.74, 6) is 1.38. The van der Waals surface area contributed by atoms with Gasteiger partial charge in [0.05, 0.1) is 12.7 Å². The van der Waals surface area contributed by atoms with Crippen LogP contribution in [0.5, 0.6) is 0 Å². The Kier molecular flexibility index (Phi) is 7.10. The van der Waals surface area contributed by atoms with Crippen LogP contribution in [-0.2, 0) is 11.8 Å². The third-order valence-electron chi connectivity index (χ3n) is 4.42. The van der Waals surface area contributed by atoms with E-state index in [0.29, 0.717) is 19.0 Å². The van der Waals surface area contributed by atoms with Gasteiger partial charge < -0.3 is 19.9 Å². The summed E-state index contributed by atoms with van der Waals surface area (Å²) in [5, 5.41) is 7.64. The lowest BCUT2D eigenvalue weighted by atomic mass is 10.0. The number of nitrogens with one attached hydrogen (secondary N) is 1. The third kappa shape index (κ3) is 6.45. The number of likely N-dealkylation sites (tertiary alicyclic amines) is 1. The number of carbonyl (C=O) groups excluding carboxylic acids is 1. The normalized spacial score (nSPS) is 17.9. The lowest BCUT2D eigenvalue weighted by Gasteiger charge is -2.25. The molecule has 1 unspecified atom stereocenters. The molecule has 1 aliphatic heterocycles. The van der Waals surface area contributed by atoms with Gasteiger partial charge in [-0.15, -0.1) is 0 Å². The topological polar surface area (TPSA) is 75.0 Å². The molecule has 0 aromatic carbocycles. The second-order valence-corrected chi connectivity index (χ2v) is 8.02. The van der Waals surface area contributed by atoms with Crippen molar-refractivity contribution in [1.82, 2.24) is 24.9 Å². The van der Waals surface area contributed by atoms with E-state index in [2.05, 4.69) is 28.4 Å². The first-order chi connectivity index (χ1) is 12.7. The molecule has 2 rings (SSSR count). The SMILES string of the molecule is CCNC(=NCCN(C)C(=O)OC(C)(C)C)N1CCC(c2cnn(C)c2)C1. The number of nitrogens with zero attached hydrogens (tertiary/aromatic N) is 5. The number of aryl methyl sites for hydroxylation is 1. The molecule has 1 saturated heterocycles. The summed E-state index contributed by atoms with van der Waals surface area (Å²) in [6.45, 7) is 11.4. The van der Waals surface area contributed by atoms with E-state index in [1.54, 1.807) is 11.9 Å². The average molecular weight is 379 g/mol. The van der Waals surface area contributed by atoms with Crippen molar-refractivity contribution in [1.29, 1.82) is 0 Å². The third-order valence-corrected chi connectivity index (χ3v) is 4.42. The maximum Gasteiger partial charge on any atom is 0.410 e. The highest BCUT2D eigenvalue weighted by atomic mass is 16.6. The largest absolute Gasteiger partial charge is 0.444 e. The highest BCUT2D eigenvalue weighted by molar-refractivity contribution is 5.80. The molecule has 2 heterocycles. The lowest BCUT2D eigenvalue weighted by Crippen LogP contribution is -2.41. The fraction of sp³-hybridized carbons (Fsp3) is 0.737. The predicted octanol–water partition coefficient (Wildman–Crippen LogP) is 2.04. The van der Waals surface area contributed by atoms with E-state index in [1.165, 1.54) is 5.56 Å². The zero-order valence-corrected chi connectivity index (χ0v) is 17.5. The average Bonchev–Trinajstić information content (AvgIpc) is 3.21. The molecule has 27 heavy (non-hydrogen) atoms. The van der Waals surface area contributed by atoms with Crippen LogP contribution in [0.25, 0.3) is 0 Å². The second-order valence-electron chi connectivity index (χ2n) is 8.02. The molecule has 1 amide bonds. The molecule has 8 heteroatoms. The number of hydrogen-bond donors (Lipinski definition) is 1. The minimum Gasteiger partial charge on any atom is -0.444 e. The number of hydrogen-bond acceptors (Lipinski definition) is 4. The number of carbonyl (C=O) groups is 1. The smallest absolute Gasteiger partial charge is 0.410 e. The molecule has 1 N–H and O–H groups in total. The molecule has 0 bridgehead atoms. The Morgan fingerprint density at radius 3 is 2.81 bits per heavy atom. The first-order valence-electron chi connectivity index (χ1n) is 9.65. The van der Waals surface area contributed by atoms with Gasteiger partial charge in [-0.2, -0.15) is 5.10 Å². The molecule has 1 aromatic heterocycles. The van der Waals surface area contributed by atoms with Crippen molar-refractivity contribution < 1.29 is 9.53 Å². The minimum atomic E-state index is -0.486. The molecule has 152 valence electrons. The van der Waals surface area contributed by atoms with Crippen LogP contribution in [-0.4, -0.2) is 77.0 Å². The number of rotatable bonds is 5. The first kappa shape index (κ1) is 21.1. The van der Waals surface area contributed by atoms with Crippen LogP contribution >= 0.6 is 0 Å². The van der Waals surface area contributed by atoms with Crippen LogP contribution in [0.4, 0.5) is 4.79 Å². The lowest BCUT2D eigenvalue weighted by molar-refractivity contribution is 0.0304. The summed E-state index contributed by atoms with van der Waals surface area (Å²) in [5.41, 5.74) is 0.793. The van der Waals surface area contributed by atoms with Crippen molar-refractivity contribution in [2.24, 2.45) is 12.0 Å². The van der Waals surface area contributed by atoms with E-state index in [9.17, 15) is 4.79 Å². The van der Waals surface area contributed by atoms with E-state index in [0.717, 1.165) is 32.0 Å². The summed E-state index contributed by atoms with van der Waals surface area (Å²) < 4.78 is 7.22. The van der Waals surface area contributed by atoms with E-state index < -0.39 is 5.60 Å². The summed E-state index contributed by atoms with van der Waals surface area (Å²) in [6.07, 6.45) is 4.82. The molecular formula is C19H34N6O2. The Balaban J connectivity index is 1.89. The highest BCUT2D eigenvalue weighted by Gasteiger charge is 2.27. The van der Waals surface area contributed by atoms with Gasteiger partial charge in [0.1, 0.15) is 5.60 Å². The van der Waals surface area contributed by atoms with Crippen LogP contribution in [0.15, 0.2) is 17.4 Å². The molecule has 0 radical (unpaired) electrons. The zero-order valence-electron chi connectivity index (χ0n) is 17.5. The van der Waals surface area contributed by atoms with Gasteiger partial charge in [0.15, 0.2) is 5.96 Å². The Morgan fingerprint density at radius 1 is 1.48 bits per heavy atom. The Bertz CT molecular complexity index is 649. The molecule has 8 nitrogen and oxygen atoms in total. The zero-order chi connectivity index (χ0) is 20.0. The van der Waals surface area contributed by atoms with Crippen LogP contribution in [0, 0.1) is 0 Å². The molecule has 1 atom stereocenters. The van der Waals surface area contributed by atoms with Crippen LogP contribution in [0.3, 0.4) is 0 Å². The summed E-state index contributed by atoms with van der Waals surface area (Å²) in [7, 11) is 3.69. The van der Waals surface area contributed by atoms with Gasteiger partial charge in [0.2, 0.25) is 0 Å². The Labute approximate surface area is 162 Å². The van der Waals surface area contributed by atoms with E-state index >= 15 is 0 Å². The van der Waals surface area contributed by atoms with Gasteiger partial charge in [-0.25, -0.2) is 4.79 Å². The number of amides is 1. The van der Waals surface area contributed by atoms with Crippen molar-refractivity contribution in [3.8, 4) is 0 Å². The molecule has 0 aliphatic carbocycles. The molecule has 0 spiro atoms. The molecule has 0 saturated carbocycles. The quantitative estimate of drug-likeness (QED) is 0.627. The summed E-state index contributed by atoms with van der Waals surface area (Å²) in [6, 6.07) is 0. The monoisotopic (exact) mass is 378 g/mol. The fourth-order valence-corrected chi connectivity index (χ4v) is 3.04. The van der Waals surface area contributed by atoms with E-state index in [4.69, 9.17) is 9.73 Å². The number of aliphatic imine (C=N–C) groups is 1. The van der Waals surface area contributed by atoms with E-state index in [-0.39, 0.29) is 6.09 Å². The highest BCUT2D eigenvalue weighted by Crippen LogP contribution is 2.26. The van der Waals surface area contributed by atoms with E-state index in [1.807, 2.05) is 38.7 Å². The van der Waals surface area contributed by atoms with Crippen molar-refractivity contribution in [2.75, 3.05) is 39.8 Å². The van der Waals surface area contributed by atoms with Gasteiger partial charge in [-0.05, 0) is 39.7 Å². The number of ether oxygens (including phenoxy) is 1. The maximum absolute atomic E-state index is 12.0. The Hall–Kier alpha value is -2.25. The van der Waals surface area contributed by atoms with Gasteiger partial charge in [0.25, 0.3) is 0 Å². The van der Waals surface area contributed by atoms with Crippen LogP contribution in [0.2, 0.25) is 0 Å². The van der Waals surface area contributed by atoms with Gasteiger partial charge in [-0.1, -0.05) is 0 Å². The minimum absolute atomic E-state index is 0.319. The fourth-order valence-electron chi connectivity index (χ4n) is 3.04. The summed E-state index contributed by atoms with van der Waals surface area (Å²) in [4.78, 5) is 20.6. The maximum atomic E-state index is 12.0. The standard InChI is InChI=1S/C19H34N6O2/c1-7-20-17(21-9-11-23(5)18(26)27-19(2,3)4)25-10-8-15(14-25)16-12-22-24(6)13-16/h12-13,15H,7-11,14H2,1-6H3,(H,20,21). The van der Waals surface area contributed by atoms with Crippen molar-refractivity contribution in [2.45, 2.75) is 45.6 Å². The van der Waals surface area contributed by atoms with Gasteiger partial charge in [-0.3, -0.25) is 9.67 Å². The summed E-state index contributed by atoms with van der Waals surface area (Å²) >= 11 is 0. The number of guanidine groups is 1. The van der Waals surface area contributed by atoms with Gasteiger partial charge >= 0.3 is 6.09 Å². The second kappa shape index (κ2) is 9.10. The van der Waals surface area contributed by atoms with Crippen LogP contribution in [0.1, 0.15) is 45.6 Å². The molecule has 1 fully saturated rings. The first-order valence-corrected chi connectivity index (χ1v) is 9.65. The van der Waals surface area contributed by atoms with Crippen molar-refractivity contribution >= 4 is 12.1 Å². The number of aromatic nitrogens is 2. The Morgan fingerprint density at radius 2 is 2.22 bits per heavy atom. The molecule has 1 aliphatic rings. The van der Waals surface area contributed by atoms with Crippen molar-refractivity contribution in [3.63, 3.8) is 0 Å².